The van der Waals surface area contributed by atoms with Gasteiger partial charge in [0.1, 0.15) is 0 Å². The van der Waals surface area contributed by atoms with Crippen LogP contribution in [0.2, 0.25) is 0 Å². The van der Waals surface area contributed by atoms with Gasteiger partial charge in [0, 0.05) is 41.2 Å². The van der Waals surface area contributed by atoms with Crippen LogP contribution in [0.5, 0.6) is 0 Å². The lowest BCUT2D eigenvalue weighted by molar-refractivity contribution is 0.0765. The van der Waals surface area contributed by atoms with Gasteiger partial charge in [-0.15, -0.1) is 0 Å². The second-order valence-electron chi connectivity index (χ2n) is 5.56. The molecular formula is C14H21N3OS. The number of carbonyl (C=O) groups excluding carboxylic acids is 1. The highest BCUT2D eigenvalue weighted by molar-refractivity contribution is 8.00. The smallest absolute Gasteiger partial charge is 0.257 e. The fraction of sp³-hybridized carbons (Fsp3) is 0.571. The van der Waals surface area contributed by atoms with Crippen molar-refractivity contribution in [1.82, 2.24) is 9.88 Å². The van der Waals surface area contributed by atoms with Crippen LogP contribution >= 0.6 is 11.8 Å². The number of pyridine rings is 1. The molecule has 1 aromatic heterocycles. The fourth-order valence-electron chi connectivity index (χ4n) is 2.15. The van der Waals surface area contributed by atoms with E-state index in [1.165, 1.54) is 0 Å². The maximum absolute atomic E-state index is 12.5. The molecule has 1 aliphatic heterocycles. The number of carbonyl (C=O) groups is 1. The van der Waals surface area contributed by atoms with Gasteiger partial charge in [0.2, 0.25) is 0 Å². The molecule has 4 nitrogen and oxygen atoms in total. The van der Waals surface area contributed by atoms with E-state index in [9.17, 15) is 4.79 Å². The summed E-state index contributed by atoms with van der Waals surface area (Å²) in [5.74, 6) is 0.973. The first-order valence-corrected chi connectivity index (χ1v) is 7.53. The molecule has 1 aliphatic rings. The third kappa shape index (κ3) is 3.41. The molecular weight excluding hydrogens is 258 g/mol. The van der Waals surface area contributed by atoms with Gasteiger partial charge in [-0.2, -0.15) is 11.8 Å². The van der Waals surface area contributed by atoms with Crippen molar-refractivity contribution < 1.29 is 4.79 Å². The molecule has 2 heterocycles. The molecule has 2 N–H and O–H groups in total. The Labute approximate surface area is 118 Å². The number of hydrogen-bond donors (Lipinski definition) is 1. The monoisotopic (exact) mass is 279 g/mol. The summed E-state index contributed by atoms with van der Waals surface area (Å²) < 4.78 is 0.242. The summed E-state index contributed by atoms with van der Waals surface area (Å²) in [4.78, 5) is 18.6. The second kappa shape index (κ2) is 5.41. The summed E-state index contributed by atoms with van der Waals surface area (Å²) in [7, 11) is 0. The predicted molar refractivity (Wildman–Crippen MR) is 80.4 cm³/mol. The standard InChI is InChI=1S/C14H21N3OS/c1-10-8-12(15)11(9-16-10)13(18)17-5-4-14(2,3)19-7-6-17/h8-9H,4-7H2,1-3H3,(H2,15,16). The molecule has 1 amide bonds. The number of nitrogen functional groups attached to an aromatic ring is 1. The SMILES string of the molecule is Cc1cc(N)c(C(=O)N2CCSC(C)(C)CC2)cn1. The predicted octanol–water partition coefficient (Wildman–Crippen LogP) is 2.33. The number of rotatable bonds is 1. The summed E-state index contributed by atoms with van der Waals surface area (Å²) in [6.07, 6.45) is 2.60. The first-order chi connectivity index (χ1) is 8.89. The van der Waals surface area contributed by atoms with Crippen molar-refractivity contribution in [2.24, 2.45) is 0 Å². The molecule has 0 aliphatic carbocycles. The minimum Gasteiger partial charge on any atom is -0.398 e. The average Bonchev–Trinajstić information content (AvgIpc) is 2.49. The fourth-order valence-corrected chi connectivity index (χ4v) is 3.25. The van der Waals surface area contributed by atoms with Crippen molar-refractivity contribution in [3.05, 3.63) is 23.5 Å². The lowest BCUT2D eigenvalue weighted by Gasteiger charge is -2.23. The normalized spacial score (nSPS) is 19.0. The van der Waals surface area contributed by atoms with Crippen LogP contribution in [0, 0.1) is 6.92 Å². The number of nitrogens with zero attached hydrogens (tertiary/aromatic N) is 2. The number of amides is 1. The molecule has 0 spiro atoms. The van der Waals surface area contributed by atoms with Crippen molar-refractivity contribution in [1.29, 1.82) is 0 Å². The summed E-state index contributed by atoms with van der Waals surface area (Å²) >= 11 is 1.92. The van der Waals surface area contributed by atoms with E-state index in [0.29, 0.717) is 11.3 Å². The Morgan fingerprint density at radius 1 is 1.47 bits per heavy atom. The van der Waals surface area contributed by atoms with Gasteiger partial charge < -0.3 is 10.6 Å². The Bertz CT molecular complexity index is 488. The second-order valence-corrected chi connectivity index (χ2v) is 7.37. The lowest BCUT2D eigenvalue weighted by Crippen LogP contribution is -2.34. The highest BCUT2D eigenvalue weighted by Gasteiger charge is 2.27. The number of thioether (sulfide) groups is 1. The molecule has 5 heteroatoms. The molecule has 0 atom stereocenters. The maximum atomic E-state index is 12.5. The Morgan fingerprint density at radius 2 is 2.21 bits per heavy atom. The molecule has 19 heavy (non-hydrogen) atoms. The summed E-state index contributed by atoms with van der Waals surface area (Å²) in [6, 6.07) is 1.75. The quantitative estimate of drug-likeness (QED) is 0.857. The van der Waals surface area contributed by atoms with Crippen LogP contribution in [0.15, 0.2) is 12.3 Å². The number of hydrogen-bond acceptors (Lipinski definition) is 4. The van der Waals surface area contributed by atoms with Gasteiger partial charge in [-0.1, -0.05) is 13.8 Å². The third-order valence-electron chi connectivity index (χ3n) is 3.43. The van der Waals surface area contributed by atoms with Gasteiger partial charge in [0.05, 0.1) is 5.56 Å². The number of aryl methyl sites for hydroxylation is 1. The molecule has 1 aromatic rings. The Morgan fingerprint density at radius 3 is 2.89 bits per heavy atom. The Balaban J connectivity index is 2.15. The zero-order valence-electron chi connectivity index (χ0n) is 11.8. The van der Waals surface area contributed by atoms with E-state index in [1.54, 1.807) is 12.3 Å². The average molecular weight is 279 g/mol. The minimum absolute atomic E-state index is 0.00306. The van der Waals surface area contributed by atoms with Gasteiger partial charge >= 0.3 is 0 Å². The molecule has 1 fully saturated rings. The molecule has 0 saturated carbocycles. The molecule has 0 radical (unpaired) electrons. The number of nitrogens with two attached hydrogens (primary N) is 1. The molecule has 104 valence electrons. The summed E-state index contributed by atoms with van der Waals surface area (Å²) in [5.41, 5.74) is 7.81. The Hall–Kier alpha value is -1.23. The van der Waals surface area contributed by atoms with Crippen LogP contribution in [0.3, 0.4) is 0 Å². The van der Waals surface area contributed by atoms with Gasteiger partial charge in [-0.3, -0.25) is 9.78 Å². The van der Waals surface area contributed by atoms with Crippen molar-refractivity contribution in [2.45, 2.75) is 31.9 Å². The van der Waals surface area contributed by atoms with Crippen molar-refractivity contribution in [2.75, 3.05) is 24.6 Å². The van der Waals surface area contributed by atoms with Crippen LogP contribution in [0.4, 0.5) is 5.69 Å². The minimum atomic E-state index is 0.00306. The maximum Gasteiger partial charge on any atom is 0.257 e. The van der Waals surface area contributed by atoms with Crippen LogP contribution < -0.4 is 5.73 Å². The van der Waals surface area contributed by atoms with Gasteiger partial charge in [-0.05, 0) is 19.4 Å². The van der Waals surface area contributed by atoms with E-state index in [-0.39, 0.29) is 10.7 Å². The molecule has 0 aromatic carbocycles. The van der Waals surface area contributed by atoms with E-state index in [1.807, 2.05) is 23.6 Å². The highest BCUT2D eigenvalue weighted by Crippen LogP contribution is 2.31. The number of anilines is 1. The van der Waals surface area contributed by atoms with Crippen molar-refractivity contribution >= 4 is 23.4 Å². The zero-order chi connectivity index (χ0) is 14.0. The summed E-state index contributed by atoms with van der Waals surface area (Å²) in [5, 5.41) is 0. The zero-order valence-corrected chi connectivity index (χ0v) is 12.6. The van der Waals surface area contributed by atoms with Crippen molar-refractivity contribution in [3.8, 4) is 0 Å². The van der Waals surface area contributed by atoms with Crippen LogP contribution in [-0.4, -0.2) is 39.4 Å². The van der Waals surface area contributed by atoms with E-state index < -0.39 is 0 Å². The first-order valence-electron chi connectivity index (χ1n) is 6.54. The van der Waals surface area contributed by atoms with Crippen LogP contribution in [0.25, 0.3) is 0 Å². The molecule has 0 bridgehead atoms. The summed E-state index contributed by atoms with van der Waals surface area (Å²) in [6.45, 7) is 7.89. The van der Waals surface area contributed by atoms with Gasteiger partial charge in [0.15, 0.2) is 0 Å². The Kier molecular flexibility index (Phi) is 4.04. The first kappa shape index (κ1) is 14.2. The number of aromatic nitrogens is 1. The third-order valence-corrected chi connectivity index (χ3v) is 4.80. The van der Waals surface area contributed by atoms with Crippen LogP contribution in [-0.2, 0) is 0 Å². The van der Waals surface area contributed by atoms with E-state index in [0.717, 1.165) is 31.0 Å². The highest BCUT2D eigenvalue weighted by atomic mass is 32.2. The lowest BCUT2D eigenvalue weighted by atomic mass is 10.1. The largest absolute Gasteiger partial charge is 0.398 e. The van der Waals surface area contributed by atoms with E-state index in [2.05, 4.69) is 18.8 Å². The van der Waals surface area contributed by atoms with E-state index >= 15 is 0 Å². The molecule has 1 saturated heterocycles. The van der Waals surface area contributed by atoms with Gasteiger partial charge in [0.25, 0.3) is 5.91 Å². The van der Waals surface area contributed by atoms with E-state index in [4.69, 9.17) is 5.73 Å². The van der Waals surface area contributed by atoms with Crippen LogP contribution in [0.1, 0.15) is 36.3 Å². The molecule has 0 unspecified atom stereocenters. The van der Waals surface area contributed by atoms with Crippen molar-refractivity contribution in [3.63, 3.8) is 0 Å². The topological polar surface area (TPSA) is 59.2 Å². The van der Waals surface area contributed by atoms with Gasteiger partial charge in [-0.25, -0.2) is 0 Å². The molecule has 2 rings (SSSR count).